The molecule has 1 aromatic carbocycles. The number of hydrogen-bond acceptors (Lipinski definition) is 6. The summed E-state index contributed by atoms with van der Waals surface area (Å²) in [5.41, 5.74) is 3.43. The third-order valence-corrected chi connectivity index (χ3v) is 4.55. The predicted molar refractivity (Wildman–Crippen MR) is 114 cm³/mol. The second-order valence-electron chi connectivity index (χ2n) is 6.60. The van der Waals surface area contributed by atoms with E-state index >= 15 is 0 Å². The van der Waals surface area contributed by atoms with Gasteiger partial charge in [0.15, 0.2) is 5.78 Å². The first-order valence-electron chi connectivity index (χ1n) is 9.48. The Bertz CT molecular complexity index is 960. The van der Waals surface area contributed by atoms with Crippen LogP contribution in [0.15, 0.2) is 60.2 Å². The lowest BCUT2D eigenvalue weighted by Crippen LogP contribution is -2.08. The van der Waals surface area contributed by atoms with Crippen LogP contribution in [0.3, 0.4) is 0 Å². The Morgan fingerprint density at radius 1 is 1.14 bits per heavy atom. The Morgan fingerprint density at radius 2 is 1.93 bits per heavy atom. The van der Waals surface area contributed by atoms with Crippen molar-refractivity contribution in [3.63, 3.8) is 0 Å². The fourth-order valence-electron chi connectivity index (χ4n) is 2.95. The van der Waals surface area contributed by atoms with Gasteiger partial charge in [-0.3, -0.25) is 4.79 Å². The van der Waals surface area contributed by atoms with Gasteiger partial charge in [0.25, 0.3) is 0 Å². The molecule has 0 saturated heterocycles. The number of rotatable bonds is 8. The van der Waals surface area contributed by atoms with Crippen LogP contribution in [0.1, 0.15) is 24.6 Å². The largest absolute Gasteiger partial charge is 0.497 e. The van der Waals surface area contributed by atoms with Gasteiger partial charge in [-0.15, -0.1) is 0 Å². The van der Waals surface area contributed by atoms with E-state index in [0.29, 0.717) is 30.1 Å². The number of anilines is 1. The normalized spacial score (nSPS) is 13.2. The number of carbonyl (C=O) groups is 1. The average Bonchev–Trinajstić information content (AvgIpc) is 3.00. The molecule has 1 aliphatic rings. The second kappa shape index (κ2) is 9.68. The number of aromatic nitrogens is 2. The van der Waals surface area contributed by atoms with E-state index < -0.39 is 0 Å². The van der Waals surface area contributed by atoms with Crippen LogP contribution in [0, 0.1) is 0 Å². The van der Waals surface area contributed by atoms with Crippen LogP contribution >= 0.6 is 0 Å². The SMILES string of the molecule is COc1ccc(CCNc2cc(C3=CC(C(C)=O)=CCC=C3)nc(OC)n2)cc1. The highest BCUT2D eigenvalue weighted by atomic mass is 16.5. The van der Waals surface area contributed by atoms with Gasteiger partial charge in [-0.25, -0.2) is 0 Å². The van der Waals surface area contributed by atoms with E-state index in [4.69, 9.17) is 9.47 Å². The van der Waals surface area contributed by atoms with E-state index in [2.05, 4.69) is 15.3 Å². The number of carbonyl (C=O) groups excluding carboxylic acids is 1. The number of Topliss-reactive ketones (excluding diaryl/α,β-unsaturated/α-hetero) is 1. The van der Waals surface area contributed by atoms with Crippen molar-refractivity contribution >= 4 is 17.2 Å². The van der Waals surface area contributed by atoms with Crippen LogP contribution in [-0.4, -0.2) is 36.5 Å². The van der Waals surface area contributed by atoms with E-state index in [1.165, 1.54) is 5.56 Å². The Kier molecular flexibility index (Phi) is 6.79. The van der Waals surface area contributed by atoms with Gasteiger partial charge in [0.05, 0.1) is 19.9 Å². The van der Waals surface area contributed by atoms with Crippen LogP contribution in [0.2, 0.25) is 0 Å². The number of hydrogen-bond donors (Lipinski definition) is 1. The van der Waals surface area contributed by atoms with E-state index in [1.54, 1.807) is 21.1 Å². The zero-order valence-corrected chi connectivity index (χ0v) is 16.9. The first-order valence-corrected chi connectivity index (χ1v) is 9.48. The Labute approximate surface area is 171 Å². The number of ketones is 1. The van der Waals surface area contributed by atoms with Crippen molar-refractivity contribution in [2.24, 2.45) is 0 Å². The summed E-state index contributed by atoms with van der Waals surface area (Å²) in [6.07, 6.45) is 9.30. The number of allylic oxidation sites excluding steroid dienone is 6. The lowest BCUT2D eigenvalue weighted by Gasteiger charge is -2.10. The van der Waals surface area contributed by atoms with Crippen molar-refractivity contribution in [3.8, 4) is 11.8 Å². The monoisotopic (exact) mass is 391 g/mol. The number of nitrogens with one attached hydrogen (secondary N) is 1. The molecule has 0 radical (unpaired) electrons. The van der Waals surface area contributed by atoms with Gasteiger partial charge < -0.3 is 14.8 Å². The van der Waals surface area contributed by atoms with Crippen LogP contribution in [0.25, 0.3) is 5.57 Å². The molecule has 6 heteroatoms. The highest BCUT2D eigenvalue weighted by molar-refractivity contribution is 5.99. The van der Waals surface area contributed by atoms with Gasteiger partial charge in [0.2, 0.25) is 0 Å². The minimum absolute atomic E-state index is 0.0325. The minimum atomic E-state index is 0.0325. The molecule has 1 aromatic heterocycles. The molecule has 0 atom stereocenters. The molecule has 1 aliphatic carbocycles. The summed E-state index contributed by atoms with van der Waals surface area (Å²) in [5.74, 6) is 1.55. The molecule has 150 valence electrons. The smallest absolute Gasteiger partial charge is 0.318 e. The summed E-state index contributed by atoms with van der Waals surface area (Å²) in [7, 11) is 3.20. The zero-order valence-electron chi connectivity index (χ0n) is 16.9. The first kappa shape index (κ1) is 20.3. The predicted octanol–water partition coefficient (Wildman–Crippen LogP) is 4.01. The van der Waals surface area contributed by atoms with Crippen LogP contribution in [-0.2, 0) is 11.2 Å². The summed E-state index contributed by atoms with van der Waals surface area (Å²) in [6, 6.07) is 10.1. The molecule has 0 saturated carbocycles. The molecule has 0 amide bonds. The Hall–Kier alpha value is -3.41. The molecule has 6 nitrogen and oxygen atoms in total. The van der Waals surface area contributed by atoms with Crippen LogP contribution in [0.5, 0.6) is 11.8 Å². The summed E-state index contributed by atoms with van der Waals surface area (Å²) >= 11 is 0. The Balaban J connectivity index is 1.76. The third-order valence-electron chi connectivity index (χ3n) is 4.55. The summed E-state index contributed by atoms with van der Waals surface area (Å²) < 4.78 is 10.5. The first-order chi connectivity index (χ1) is 14.1. The quantitative estimate of drug-likeness (QED) is 0.733. The summed E-state index contributed by atoms with van der Waals surface area (Å²) in [5, 5.41) is 3.33. The summed E-state index contributed by atoms with van der Waals surface area (Å²) in [4.78, 5) is 20.7. The molecule has 0 bridgehead atoms. The highest BCUT2D eigenvalue weighted by Crippen LogP contribution is 2.24. The highest BCUT2D eigenvalue weighted by Gasteiger charge is 2.11. The lowest BCUT2D eigenvalue weighted by atomic mass is 10.1. The molecule has 0 spiro atoms. The molecule has 1 N–H and O–H groups in total. The van der Waals surface area contributed by atoms with Crippen LogP contribution in [0.4, 0.5) is 5.82 Å². The van der Waals surface area contributed by atoms with E-state index in [0.717, 1.165) is 17.7 Å². The Morgan fingerprint density at radius 3 is 2.62 bits per heavy atom. The molecular weight excluding hydrogens is 366 g/mol. The van der Waals surface area contributed by atoms with E-state index in [9.17, 15) is 4.79 Å². The van der Waals surface area contributed by atoms with Crippen molar-refractivity contribution in [1.29, 1.82) is 0 Å². The summed E-state index contributed by atoms with van der Waals surface area (Å²) in [6.45, 7) is 2.28. The number of ether oxygens (including phenoxy) is 2. The van der Waals surface area contributed by atoms with E-state index in [1.807, 2.05) is 54.6 Å². The van der Waals surface area contributed by atoms with Gasteiger partial charge in [0.1, 0.15) is 11.6 Å². The maximum absolute atomic E-state index is 11.8. The maximum atomic E-state index is 11.8. The van der Waals surface area contributed by atoms with E-state index in [-0.39, 0.29) is 11.8 Å². The molecule has 29 heavy (non-hydrogen) atoms. The van der Waals surface area contributed by atoms with Gasteiger partial charge in [-0.1, -0.05) is 30.4 Å². The van der Waals surface area contributed by atoms with Gasteiger partial charge in [0, 0.05) is 23.8 Å². The molecule has 1 heterocycles. The van der Waals surface area contributed by atoms with Crippen molar-refractivity contribution in [1.82, 2.24) is 9.97 Å². The van der Waals surface area contributed by atoms with Crippen molar-refractivity contribution < 1.29 is 14.3 Å². The third kappa shape index (κ3) is 5.54. The van der Waals surface area contributed by atoms with Gasteiger partial charge >= 0.3 is 6.01 Å². The van der Waals surface area contributed by atoms with Crippen molar-refractivity contribution in [2.75, 3.05) is 26.1 Å². The maximum Gasteiger partial charge on any atom is 0.318 e. The van der Waals surface area contributed by atoms with Gasteiger partial charge in [-0.2, -0.15) is 9.97 Å². The number of benzene rings is 1. The van der Waals surface area contributed by atoms with Crippen molar-refractivity contribution in [3.05, 3.63) is 71.5 Å². The fourth-order valence-corrected chi connectivity index (χ4v) is 2.95. The molecule has 0 unspecified atom stereocenters. The lowest BCUT2D eigenvalue weighted by molar-refractivity contribution is -0.113. The molecule has 0 aliphatic heterocycles. The number of methoxy groups -OCH3 is 2. The van der Waals surface area contributed by atoms with Crippen molar-refractivity contribution in [2.45, 2.75) is 19.8 Å². The topological polar surface area (TPSA) is 73.3 Å². The standard InChI is InChI=1S/C23H25N3O3/c1-16(27)18-6-4-5-7-19(14-18)21-15-22(26-23(25-21)29-3)24-13-12-17-8-10-20(28-2)11-9-17/h5-11,14-15H,4,12-13H2,1-3H3,(H,24,25,26). The second-order valence-corrected chi connectivity index (χ2v) is 6.60. The average molecular weight is 391 g/mol. The van der Waals surface area contributed by atoms with Crippen LogP contribution < -0.4 is 14.8 Å². The molecule has 2 aromatic rings. The fraction of sp³-hybridized carbons (Fsp3) is 0.261. The minimum Gasteiger partial charge on any atom is -0.497 e. The molecule has 3 rings (SSSR count). The molecular formula is C23H25N3O3. The van der Waals surface area contributed by atoms with Gasteiger partial charge in [-0.05, 0) is 43.5 Å². The zero-order chi connectivity index (χ0) is 20.6. The number of nitrogens with zero attached hydrogens (tertiary/aromatic N) is 2. The molecule has 0 fully saturated rings.